The molecule has 19 nitrogen and oxygen atoms in total. The Balaban J connectivity index is 0.000000195. The Bertz CT molecular complexity index is 4990. The number of carbonyl (C=O) groups excluding carboxylic acids is 1. The second kappa shape index (κ2) is 29.4. The number of hydrogen-bond donors (Lipinski definition) is 2. The summed E-state index contributed by atoms with van der Waals surface area (Å²) >= 11 is 15.1. The highest BCUT2D eigenvalue weighted by Gasteiger charge is 2.34. The zero-order valence-electron chi connectivity index (χ0n) is 51.4. The molecule has 1 fully saturated rings. The summed E-state index contributed by atoms with van der Waals surface area (Å²) in [5.74, 6) is 1.56. The number of alkyl halides is 6. The number of piperazine rings is 1. The number of carbonyl (C=O) groups is 1. The number of nitrogens with zero attached hydrogens (tertiary/aromatic N) is 9. The minimum atomic E-state index is -4.72. The van der Waals surface area contributed by atoms with Crippen LogP contribution in [0.2, 0.25) is 10.0 Å². The van der Waals surface area contributed by atoms with E-state index < -0.39 is 51.7 Å². The molecule has 0 radical (unpaired) electrons. The lowest BCUT2D eigenvalue weighted by molar-refractivity contribution is -0.138. The molecule has 1 saturated heterocycles. The Kier molecular flexibility index (Phi) is 21.1. The lowest BCUT2D eigenvalue weighted by Crippen LogP contribution is -2.40. The summed E-state index contributed by atoms with van der Waals surface area (Å²) in [6.07, 6.45) is -6.27. The van der Waals surface area contributed by atoms with Crippen LogP contribution in [0.4, 0.5) is 26.3 Å². The van der Waals surface area contributed by atoms with Gasteiger partial charge in [-0.1, -0.05) is 35.3 Å². The van der Waals surface area contributed by atoms with Crippen LogP contribution in [-0.4, -0.2) is 106 Å². The molecule has 5 aromatic carbocycles. The monoisotopic (exact) mass is 1390 g/mol. The van der Waals surface area contributed by atoms with E-state index in [0.29, 0.717) is 71.9 Å². The van der Waals surface area contributed by atoms with Gasteiger partial charge in [-0.05, 0) is 111 Å². The van der Waals surface area contributed by atoms with Gasteiger partial charge in [0.15, 0.2) is 16.4 Å². The predicted octanol–water partition coefficient (Wildman–Crippen LogP) is 13.8. The van der Waals surface area contributed by atoms with E-state index in [1.165, 1.54) is 54.5 Å². The third kappa shape index (κ3) is 15.1. The third-order valence-electron chi connectivity index (χ3n) is 15.2. The number of likely N-dealkylation sites (N-methyl/N-ethyl adjacent to an activating group) is 1. The van der Waals surface area contributed by atoms with Gasteiger partial charge in [0.05, 0.1) is 80.8 Å². The van der Waals surface area contributed by atoms with Crippen LogP contribution in [0, 0.1) is 36.5 Å². The molecule has 1 aliphatic heterocycles. The van der Waals surface area contributed by atoms with Gasteiger partial charge in [-0.2, -0.15) is 36.9 Å². The van der Waals surface area contributed by atoms with E-state index in [-0.39, 0.29) is 82.7 Å². The average molecular weight is 1390 g/mol. The molecule has 0 atom stereocenters. The SMILES string of the molecule is CN1CCNCC1.COC(=O)c1sc2c(-c3cc(Cl)ccc3OCCn3c(C)nc4cc(C(F)(F)F)cc(C#N)c4c3=O)ccnc2c1OCc1ccc(OC)cc1.Cc1nc2cc(C(F)(F)F)cc(C#N)c2c(=O)n1CCOc1ccc(Cl)cc1-c1ccnc2c(O)csc12. The summed E-state index contributed by atoms with van der Waals surface area (Å²) < 4.78 is 112. The summed E-state index contributed by atoms with van der Waals surface area (Å²) in [6.45, 7) is 7.79. The van der Waals surface area contributed by atoms with Gasteiger partial charge in [0.25, 0.3) is 11.1 Å². The molecule has 7 heterocycles. The Hall–Kier alpha value is -9.87. The van der Waals surface area contributed by atoms with E-state index in [4.69, 9.17) is 46.9 Å². The Morgan fingerprint density at radius 3 is 1.64 bits per heavy atom. The maximum absolute atomic E-state index is 13.5. The third-order valence-corrected chi connectivity index (χ3v) is 17.9. The van der Waals surface area contributed by atoms with Gasteiger partial charge in [-0.25, -0.2) is 14.8 Å². The molecule has 0 aliphatic carbocycles. The molecular weight excluding hydrogens is 1340 g/mol. The van der Waals surface area contributed by atoms with Gasteiger partial charge in [0.1, 0.15) is 71.9 Å². The van der Waals surface area contributed by atoms with E-state index in [1.54, 1.807) is 97.7 Å². The van der Waals surface area contributed by atoms with Crippen LogP contribution < -0.4 is 35.4 Å². The number of halogens is 8. The Morgan fingerprint density at radius 1 is 0.677 bits per heavy atom. The highest BCUT2D eigenvalue weighted by atomic mass is 35.5. The van der Waals surface area contributed by atoms with E-state index in [0.717, 1.165) is 52.4 Å². The molecule has 494 valence electrons. The van der Waals surface area contributed by atoms with E-state index in [2.05, 4.69) is 37.2 Å². The number of pyridine rings is 2. The van der Waals surface area contributed by atoms with Crippen molar-refractivity contribution < 1.29 is 59.9 Å². The molecule has 29 heteroatoms. The summed E-state index contributed by atoms with van der Waals surface area (Å²) in [7, 11) is 5.00. The van der Waals surface area contributed by atoms with Gasteiger partial charge in [0.2, 0.25) is 0 Å². The standard InChI is InChI=1S/C36H26ClF3N4O6S.C26H16ClF3N4O3S.C5H12N2/c1-19-43-27-15-22(36(38,39)40)14-21(17-41)29(27)34(45)44(19)12-13-49-28-9-6-23(37)16-26(28)25-10-11-42-30-31(33(35(46)48-3)51-32(25)30)50-18-20-4-7-24(47-2)8-5-20;1-13-33-19-9-15(26(28,29)30)8-14(11-31)22(19)25(36)34(13)6-7-37-21-3-2-16(27)10-18(21)17-4-5-32-23-20(35)12-38-24(17)23;1-7-4-2-6-3-5-7/h4-11,14-16H,12-13,18H2,1-3H3;2-5,8-10,12,35H,6-7H2,1H3;6H,2-5H2,1H3. The van der Waals surface area contributed by atoms with E-state index >= 15 is 0 Å². The molecule has 12 rings (SSSR count). The zero-order valence-corrected chi connectivity index (χ0v) is 54.6. The largest absolute Gasteiger partial charge is 0.505 e. The number of ether oxygens (including phenoxy) is 5. The Morgan fingerprint density at radius 2 is 1.18 bits per heavy atom. The van der Waals surface area contributed by atoms with E-state index in [1.807, 2.05) is 12.1 Å². The molecule has 0 saturated carbocycles. The first kappa shape index (κ1) is 69.0. The number of aryl methyl sites for hydroxylation is 2. The van der Waals surface area contributed by atoms with Crippen molar-refractivity contribution in [3.05, 3.63) is 190 Å². The molecule has 96 heavy (non-hydrogen) atoms. The van der Waals surface area contributed by atoms with Gasteiger partial charge in [-0.3, -0.25) is 28.7 Å². The molecule has 0 unspecified atom stereocenters. The summed E-state index contributed by atoms with van der Waals surface area (Å²) in [6, 6.07) is 27.0. The van der Waals surface area contributed by atoms with Crippen molar-refractivity contribution in [2.24, 2.45) is 0 Å². The molecule has 0 amide bonds. The highest BCUT2D eigenvalue weighted by Crippen LogP contribution is 2.46. The number of esters is 1. The van der Waals surface area contributed by atoms with Crippen LogP contribution in [0.15, 0.2) is 124 Å². The summed E-state index contributed by atoms with van der Waals surface area (Å²) in [4.78, 5) is 59.2. The quantitative estimate of drug-likeness (QED) is 0.0716. The number of methoxy groups -OCH3 is 2. The predicted molar refractivity (Wildman–Crippen MR) is 353 cm³/mol. The van der Waals surface area contributed by atoms with Crippen molar-refractivity contribution in [3.63, 3.8) is 0 Å². The van der Waals surface area contributed by atoms with Crippen molar-refractivity contribution in [2.75, 3.05) is 60.7 Å². The number of benzene rings is 5. The summed E-state index contributed by atoms with van der Waals surface area (Å²) in [5.41, 5.74) is -0.386. The van der Waals surface area contributed by atoms with Crippen LogP contribution in [0.3, 0.4) is 0 Å². The first-order valence-electron chi connectivity index (χ1n) is 29.0. The van der Waals surface area contributed by atoms with Gasteiger partial charge in [0, 0.05) is 76.3 Å². The van der Waals surface area contributed by atoms with Crippen LogP contribution in [0.1, 0.15) is 49.1 Å². The van der Waals surface area contributed by atoms with Crippen LogP contribution >= 0.6 is 45.9 Å². The number of nitrogens with one attached hydrogen (secondary N) is 1. The number of fused-ring (bicyclic) bond motifs is 4. The minimum Gasteiger partial charge on any atom is -0.505 e. The maximum atomic E-state index is 13.5. The fraction of sp³-hybridized carbons (Fsp3) is 0.239. The van der Waals surface area contributed by atoms with Crippen LogP contribution in [0.5, 0.6) is 28.7 Å². The molecule has 0 bridgehead atoms. The van der Waals surface area contributed by atoms with Crippen molar-refractivity contribution in [3.8, 4) is 63.1 Å². The van der Waals surface area contributed by atoms with E-state index in [9.17, 15) is 56.4 Å². The zero-order chi connectivity index (χ0) is 68.8. The second-order valence-corrected chi connectivity index (χ2v) is 24.2. The molecule has 11 aromatic rings. The average Bonchev–Trinajstić information content (AvgIpc) is 1.25. The molecule has 1 aliphatic rings. The van der Waals surface area contributed by atoms with Crippen molar-refractivity contribution in [1.82, 2.24) is 39.3 Å². The summed E-state index contributed by atoms with van der Waals surface area (Å²) in [5, 5.41) is 34.4. The van der Waals surface area contributed by atoms with Crippen molar-refractivity contribution in [2.45, 2.75) is 45.9 Å². The van der Waals surface area contributed by atoms with Gasteiger partial charge >= 0.3 is 18.3 Å². The molecule has 0 spiro atoms. The molecule has 2 N–H and O–H groups in total. The fourth-order valence-electron chi connectivity index (χ4n) is 10.4. The normalized spacial score (nSPS) is 12.5. The second-order valence-electron chi connectivity index (χ2n) is 21.4. The lowest BCUT2D eigenvalue weighted by atomic mass is 10.0. The smallest absolute Gasteiger partial charge is 0.416 e. The topological polar surface area (TPSA) is 242 Å². The van der Waals surface area contributed by atoms with Crippen LogP contribution in [-0.2, 0) is 36.8 Å². The number of aromatic hydroxyl groups is 1. The first-order chi connectivity index (χ1) is 45.9. The molecule has 6 aromatic heterocycles. The fourth-order valence-corrected chi connectivity index (χ4v) is 12.9. The molecular formula is C67H54Cl2F6N10O9S2. The first-order valence-corrected chi connectivity index (χ1v) is 31.5. The number of nitriles is 2. The number of hydrogen-bond acceptors (Lipinski definition) is 19. The number of rotatable bonds is 15. The Labute approximate surface area is 560 Å². The van der Waals surface area contributed by atoms with Crippen molar-refractivity contribution in [1.29, 1.82) is 10.5 Å². The van der Waals surface area contributed by atoms with Gasteiger partial charge < -0.3 is 39.0 Å². The van der Waals surface area contributed by atoms with Crippen LogP contribution in [0.25, 0.3) is 64.5 Å². The number of thiophene rings is 2. The van der Waals surface area contributed by atoms with Gasteiger partial charge in [-0.15, -0.1) is 22.7 Å². The minimum absolute atomic E-state index is 0.00893. The number of aromatic nitrogens is 6. The highest BCUT2D eigenvalue weighted by molar-refractivity contribution is 7.21. The maximum Gasteiger partial charge on any atom is 0.416 e. The van der Waals surface area contributed by atoms with Crippen molar-refractivity contribution >= 4 is 94.1 Å². The lowest BCUT2D eigenvalue weighted by Gasteiger charge is -2.21.